The number of likely N-dealkylation sites (tertiary alicyclic amines) is 1. The second-order valence-corrected chi connectivity index (χ2v) is 5.94. The maximum absolute atomic E-state index is 5.72. The van der Waals surface area contributed by atoms with Gasteiger partial charge in [-0.05, 0) is 59.7 Å². The second-order valence-electron chi connectivity index (χ2n) is 5.94. The van der Waals surface area contributed by atoms with Crippen LogP contribution in [0.5, 0.6) is 0 Å². The van der Waals surface area contributed by atoms with Crippen molar-refractivity contribution in [2.45, 2.75) is 57.7 Å². The van der Waals surface area contributed by atoms with Crippen LogP contribution in [-0.2, 0) is 4.74 Å². The Hall–Kier alpha value is -0.120. The van der Waals surface area contributed by atoms with E-state index in [1.807, 2.05) is 0 Å². The molecule has 1 unspecified atom stereocenters. The van der Waals surface area contributed by atoms with Crippen LogP contribution in [0.1, 0.15) is 39.5 Å². The minimum absolute atomic E-state index is 0.503. The van der Waals surface area contributed by atoms with Gasteiger partial charge in [0.05, 0.1) is 6.10 Å². The van der Waals surface area contributed by atoms with E-state index < -0.39 is 0 Å². The fourth-order valence-corrected chi connectivity index (χ4v) is 3.10. The van der Waals surface area contributed by atoms with Crippen LogP contribution in [0.4, 0.5) is 0 Å². The van der Waals surface area contributed by atoms with E-state index >= 15 is 0 Å². The molecule has 0 aromatic carbocycles. The van der Waals surface area contributed by atoms with Crippen LogP contribution >= 0.6 is 0 Å². The molecule has 2 heterocycles. The first-order valence-electron chi connectivity index (χ1n) is 7.22. The van der Waals surface area contributed by atoms with Gasteiger partial charge in [0, 0.05) is 25.2 Å². The number of hydrogen-bond acceptors (Lipinski definition) is 3. The third kappa shape index (κ3) is 3.67. The van der Waals surface area contributed by atoms with Gasteiger partial charge in [-0.3, -0.25) is 0 Å². The van der Waals surface area contributed by atoms with Gasteiger partial charge in [0.15, 0.2) is 0 Å². The van der Waals surface area contributed by atoms with Crippen molar-refractivity contribution in [2.24, 2.45) is 0 Å². The monoisotopic (exact) mass is 240 g/mol. The van der Waals surface area contributed by atoms with Gasteiger partial charge in [0.25, 0.3) is 0 Å². The van der Waals surface area contributed by atoms with E-state index in [2.05, 4.69) is 30.7 Å². The summed E-state index contributed by atoms with van der Waals surface area (Å²) in [7, 11) is 2.28. The van der Waals surface area contributed by atoms with Crippen LogP contribution in [0.15, 0.2) is 0 Å². The molecule has 0 aromatic rings. The van der Waals surface area contributed by atoms with Crippen molar-refractivity contribution in [2.75, 3.05) is 33.3 Å². The lowest BCUT2D eigenvalue weighted by Gasteiger charge is -2.39. The summed E-state index contributed by atoms with van der Waals surface area (Å²) in [6.07, 6.45) is 5.66. The number of likely N-dealkylation sites (N-methyl/N-ethyl adjacent to an activating group) is 1. The molecule has 0 bridgehead atoms. The molecule has 100 valence electrons. The van der Waals surface area contributed by atoms with Gasteiger partial charge in [-0.25, -0.2) is 0 Å². The first-order chi connectivity index (χ1) is 8.16. The zero-order valence-corrected chi connectivity index (χ0v) is 11.7. The molecule has 2 rings (SSSR count). The number of hydrogen-bond donors (Lipinski definition) is 0. The second kappa shape index (κ2) is 6.17. The number of piperidine rings is 1. The molecular formula is C14H28N2O. The van der Waals surface area contributed by atoms with Gasteiger partial charge in [0.1, 0.15) is 0 Å². The summed E-state index contributed by atoms with van der Waals surface area (Å²) in [6, 6.07) is 1.48. The van der Waals surface area contributed by atoms with Crippen molar-refractivity contribution in [3.63, 3.8) is 0 Å². The summed E-state index contributed by atoms with van der Waals surface area (Å²) in [6.45, 7) is 9.24. The van der Waals surface area contributed by atoms with E-state index in [1.165, 1.54) is 38.8 Å². The van der Waals surface area contributed by atoms with Crippen LogP contribution in [0.25, 0.3) is 0 Å². The van der Waals surface area contributed by atoms with E-state index in [1.54, 1.807) is 0 Å². The molecule has 0 amide bonds. The maximum Gasteiger partial charge on any atom is 0.0702 e. The van der Waals surface area contributed by atoms with Crippen LogP contribution in [0.2, 0.25) is 0 Å². The molecule has 1 atom stereocenters. The molecule has 2 aliphatic rings. The first kappa shape index (κ1) is 13.3. The van der Waals surface area contributed by atoms with Crippen LogP contribution in [0, 0.1) is 0 Å². The Morgan fingerprint density at radius 1 is 1.24 bits per heavy atom. The highest BCUT2D eigenvalue weighted by Crippen LogP contribution is 2.20. The molecule has 2 aliphatic heterocycles. The van der Waals surface area contributed by atoms with Crippen molar-refractivity contribution < 1.29 is 4.74 Å². The molecular weight excluding hydrogens is 212 g/mol. The molecule has 0 N–H and O–H groups in total. The summed E-state index contributed by atoms with van der Waals surface area (Å²) >= 11 is 0. The van der Waals surface area contributed by atoms with Crippen molar-refractivity contribution in [3.8, 4) is 0 Å². The number of ether oxygens (including phenoxy) is 1. The van der Waals surface area contributed by atoms with E-state index in [0.717, 1.165) is 19.2 Å². The van der Waals surface area contributed by atoms with E-state index in [9.17, 15) is 0 Å². The van der Waals surface area contributed by atoms with Gasteiger partial charge >= 0.3 is 0 Å². The lowest BCUT2D eigenvalue weighted by Crippen LogP contribution is -2.47. The van der Waals surface area contributed by atoms with Gasteiger partial charge in [-0.15, -0.1) is 0 Å². The molecule has 0 spiro atoms. The maximum atomic E-state index is 5.72. The van der Waals surface area contributed by atoms with Gasteiger partial charge in [0.2, 0.25) is 0 Å². The van der Waals surface area contributed by atoms with Crippen LogP contribution in [0.3, 0.4) is 0 Å². The quantitative estimate of drug-likeness (QED) is 0.747. The number of rotatable bonds is 4. The fourth-order valence-electron chi connectivity index (χ4n) is 3.10. The number of nitrogens with zero attached hydrogens (tertiary/aromatic N) is 2. The summed E-state index contributed by atoms with van der Waals surface area (Å²) in [4.78, 5) is 5.13. The Morgan fingerprint density at radius 3 is 2.47 bits per heavy atom. The SMILES string of the molecule is CC(C)N1CCC(N(C)CC2CCCO2)CC1. The van der Waals surface area contributed by atoms with Crippen LogP contribution < -0.4 is 0 Å². The average molecular weight is 240 g/mol. The predicted octanol–water partition coefficient (Wildman–Crippen LogP) is 1.97. The summed E-state index contributed by atoms with van der Waals surface area (Å²) in [5.41, 5.74) is 0. The molecule has 17 heavy (non-hydrogen) atoms. The standard InChI is InChI=1S/C14H28N2O/c1-12(2)16-8-6-13(7-9-16)15(3)11-14-5-4-10-17-14/h12-14H,4-11H2,1-3H3. The summed E-state index contributed by atoms with van der Waals surface area (Å²) in [5, 5.41) is 0. The van der Waals surface area contributed by atoms with E-state index in [-0.39, 0.29) is 0 Å². The lowest BCUT2D eigenvalue weighted by atomic mass is 10.0. The van der Waals surface area contributed by atoms with Crippen molar-refractivity contribution in [1.29, 1.82) is 0 Å². The van der Waals surface area contributed by atoms with Crippen molar-refractivity contribution in [3.05, 3.63) is 0 Å². The molecule has 0 aromatic heterocycles. The molecule has 2 saturated heterocycles. The zero-order valence-electron chi connectivity index (χ0n) is 11.7. The first-order valence-corrected chi connectivity index (χ1v) is 7.22. The Labute approximate surface area is 106 Å². The lowest BCUT2D eigenvalue weighted by molar-refractivity contribution is 0.0473. The molecule has 0 radical (unpaired) electrons. The third-order valence-electron chi connectivity index (χ3n) is 4.37. The molecule has 2 fully saturated rings. The highest BCUT2D eigenvalue weighted by atomic mass is 16.5. The molecule has 0 aliphatic carbocycles. The zero-order chi connectivity index (χ0) is 12.3. The van der Waals surface area contributed by atoms with E-state index in [4.69, 9.17) is 4.74 Å². The van der Waals surface area contributed by atoms with Gasteiger partial charge in [-0.1, -0.05) is 0 Å². The molecule has 0 saturated carbocycles. The predicted molar refractivity (Wildman–Crippen MR) is 71.3 cm³/mol. The third-order valence-corrected chi connectivity index (χ3v) is 4.37. The normalized spacial score (nSPS) is 28.4. The van der Waals surface area contributed by atoms with Gasteiger partial charge in [-0.2, -0.15) is 0 Å². The Morgan fingerprint density at radius 2 is 1.94 bits per heavy atom. The topological polar surface area (TPSA) is 15.7 Å². The summed E-state index contributed by atoms with van der Waals surface area (Å²) in [5.74, 6) is 0. The largest absolute Gasteiger partial charge is 0.377 e. The van der Waals surface area contributed by atoms with Crippen LogP contribution in [-0.4, -0.2) is 61.3 Å². The minimum Gasteiger partial charge on any atom is -0.377 e. The van der Waals surface area contributed by atoms with E-state index in [0.29, 0.717) is 12.1 Å². The Bertz CT molecular complexity index is 218. The van der Waals surface area contributed by atoms with Gasteiger partial charge < -0.3 is 14.5 Å². The highest BCUT2D eigenvalue weighted by molar-refractivity contribution is 4.81. The molecule has 3 heteroatoms. The Kier molecular flexibility index (Phi) is 4.83. The average Bonchev–Trinajstić information content (AvgIpc) is 2.82. The fraction of sp³-hybridized carbons (Fsp3) is 1.00. The van der Waals surface area contributed by atoms with Crippen molar-refractivity contribution in [1.82, 2.24) is 9.80 Å². The highest BCUT2D eigenvalue weighted by Gasteiger charge is 2.26. The Balaban J connectivity index is 1.71. The minimum atomic E-state index is 0.503. The van der Waals surface area contributed by atoms with Crippen molar-refractivity contribution >= 4 is 0 Å². The summed E-state index contributed by atoms with van der Waals surface area (Å²) < 4.78 is 5.72. The molecule has 3 nitrogen and oxygen atoms in total. The smallest absolute Gasteiger partial charge is 0.0702 e.